The van der Waals surface area contributed by atoms with Gasteiger partial charge in [0.25, 0.3) is 0 Å². The van der Waals surface area contributed by atoms with Crippen molar-refractivity contribution >= 4 is 24.0 Å². The summed E-state index contributed by atoms with van der Waals surface area (Å²) in [6.45, 7) is 5.57. The molecule has 2 fully saturated rings. The van der Waals surface area contributed by atoms with Crippen LogP contribution in [0.25, 0.3) is 0 Å². The van der Waals surface area contributed by atoms with Gasteiger partial charge in [0.1, 0.15) is 29.6 Å². The summed E-state index contributed by atoms with van der Waals surface area (Å²) in [5, 5.41) is 5.79. The van der Waals surface area contributed by atoms with Crippen molar-refractivity contribution in [3.8, 4) is 0 Å². The van der Waals surface area contributed by atoms with Crippen LogP contribution in [-0.4, -0.2) is 70.2 Å². The van der Waals surface area contributed by atoms with Crippen LogP contribution in [0.15, 0.2) is 30.4 Å². The van der Waals surface area contributed by atoms with Crippen molar-refractivity contribution in [3.63, 3.8) is 0 Å². The van der Waals surface area contributed by atoms with Crippen molar-refractivity contribution in [2.45, 2.75) is 109 Å². The maximum absolute atomic E-state index is 14.2. The molecule has 0 spiro atoms. The number of carbonyl (C=O) groups excluding carboxylic acids is 4. The third-order valence-corrected chi connectivity index (χ3v) is 8.20. The van der Waals surface area contributed by atoms with Gasteiger partial charge in [-0.25, -0.2) is 14.0 Å². The molecule has 1 saturated heterocycles. The van der Waals surface area contributed by atoms with Crippen LogP contribution in [0.1, 0.15) is 76.8 Å². The monoisotopic (exact) mass is 584 g/mol. The summed E-state index contributed by atoms with van der Waals surface area (Å²) in [6, 6.07) is 3.00. The number of nitrogens with zero attached hydrogens (tertiary/aromatic N) is 2. The molecule has 2 N–H and O–H groups in total. The van der Waals surface area contributed by atoms with Crippen molar-refractivity contribution in [3.05, 3.63) is 47.3 Å². The molecule has 4 amide bonds. The van der Waals surface area contributed by atoms with E-state index in [-0.39, 0.29) is 49.7 Å². The molecule has 3 heterocycles. The van der Waals surface area contributed by atoms with Gasteiger partial charge in [0, 0.05) is 24.6 Å². The molecule has 0 radical (unpaired) electrons. The van der Waals surface area contributed by atoms with Gasteiger partial charge in [-0.2, -0.15) is 0 Å². The number of rotatable bonds is 2. The standard InChI is InChI=1S/C31H41FN4O6/c1-31(2,3)42-29(39)34-24-13-8-6-4-5-7-10-19-14-25(19)33-27(37)26-15-21(17-36(26)28(24)38)41-30(40)35-16-20-11-9-12-23(32)22(20)18-35/h7,9-12,19,21,24-26H,4-6,8,13-18H2,1-3H3,(H,33,37)(H,34,39)/b10-7-/t19-,21-,24+,25-,26+/m1/s1. The molecule has 5 atom stereocenters. The van der Waals surface area contributed by atoms with Crippen LogP contribution in [-0.2, 0) is 32.2 Å². The van der Waals surface area contributed by atoms with Crippen molar-refractivity contribution in [2.24, 2.45) is 5.92 Å². The minimum atomic E-state index is -0.894. The summed E-state index contributed by atoms with van der Waals surface area (Å²) >= 11 is 0. The Kier molecular flexibility index (Phi) is 8.75. The van der Waals surface area contributed by atoms with E-state index in [9.17, 15) is 23.6 Å². The lowest BCUT2D eigenvalue weighted by molar-refractivity contribution is -0.140. The fourth-order valence-corrected chi connectivity index (χ4v) is 5.94. The van der Waals surface area contributed by atoms with E-state index < -0.39 is 41.9 Å². The Bertz CT molecular complexity index is 1250. The maximum atomic E-state index is 14.2. The van der Waals surface area contributed by atoms with Gasteiger partial charge < -0.3 is 25.0 Å². The number of allylic oxidation sites excluding steroid dienone is 1. The van der Waals surface area contributed by atoms with Crippen LogP contribution >= 0.6 is 0 Å². The molecule has 0 aromatic heterocycles. The lowest BCUT2D eigenvalue weighted by atomic mass is 10.0. The Hall–Kier alpha value is -3.63. The minimum absolute atomic E-state index is 0.00566. The van der Waals surface area contributed by atoms with Crippen LogP contribution in [0.4, 0.5) is 14.0 Å². The molecule has 1 saturated carbocycles. The molecule has 5 rings (SSSR count). The summed E-state index contributed by atoms with van der Waals surface area (Å²) in [4.78, 5) is 56.0. The van der Waals surface area contributed by atoms with E-state index in [2.05, 4.69) is 22.8 Å². The minimum Gasteiger partial charge on any atom is -0.444 e. The third kappa shape index (κ3) is 7.22. The largest absolute Gasteiger partial charge is 0.444 e. The first-order valence-corrected chi connectivity index (χ1v) is 15.0. The van der Waals surface area contributed by atoms with E-state index in [0.717, 1.165) is 31.2 Å². The highest BCUT2D eigenvalue weighted by Crippen LogP contribution is 2.33. The first-order valence-electron chi connectivity index (χ1n) is 15.0. The summed E-state index contributed by atoms with van der Waals surface area (Å²) in [6.07, 6.45) is 7.08. The second kappa shape index (κ2) is 12.3. The fraction of sp³-hybridized carbons (Fsp3) is 0.613. The summed E-state index contributed by atoms with van der Waals surface area (Å²) in [7, 11) is 0. The van der Waals surface area contributed by atoms with E-state index in [1.807, 2.05) is 0 Å². The molecule has 11 heteroatoms. The average molecular weight is 585 g/mol. The van der Waals surface area contributed by atoms with Gasteiger partial charge in [-0.05, 0) is 64.0 Å². The van der Waals surface area contributed by atoms with E-state index in [4.69, 9.17) is 9.47 Å². The van der Waals surface area contributed by atoms with Gasteiger partial charge >= 0.3 is 12.2 Å². The van der Waals surface area contributed by atoms with Gasteiger partial charge in [-0.1, -0.05) is 37.1 Å². The van der Waals surface area contributed by atoms with E-state index in [1.165, 1.54) is 15.9 Å². The van der Waals surface area contributed by atoms with Crippen LogP contribution in [0, 0.1) is 11.7 Å². The Labute approximate surface area is 246 Å². The van der Waals surface area contributed by atoms with Crippen LogP contribution in [0.3, 0.4) is 0 Å². The van der Waals surface area contributed by atoms with Gasteiger partial charge in [-0.15, -0.1) is 0 Å². The van der Waals surface area contributed by atoms with Crippen LogP contribution in [0.5, 0.6) is 0 Å². The molecular formula is C31H41FN4O6. The zero-order valence-corrected chi connectivity index (χ0v) is 24.6. The number of carbonyl (C=O) groups is 4. The zero-order chi connectivity index (χ0) is 30.0. The number of fused-ring (bicyclic) bond motifs is 3. The number of amides is 4. The van der Waals surface area contributed by atoms with E-state index in [1.54, 1.807) is 32.9 Å². The van der Waals surface area contributed by atoms with E-state index >= 15 is 0 Å². The molecule has 0 bridgehead atoms. The fourth-order valence-electron chi connectivity index (χ4n) is 5.94. The summed E-state index contributed by atoms with van der Waals surface area (Å²) in [5.74, 6) is -0.800. The maximum Gasteiger partial charge on any atom is 0.410 e. The van der Waals surface area contributed by atoms with Crippen molar-refractivity contribution < 1.29 is 33.0 Å². The number of ether oxygens (including phenoxy) is 2. The molecule has 0 unspecified atom stereocenters. The lowest BCUT2D eigenvalue weighted by Gasteiger charge is -2.29. The van der Waals surface area contributed by atoms with Crippen LogP contribution < -0.4 is 10.6 Å². The number of halogens is 1. The second-order valence-electron chi connectivity index (χ2n) is 12.8. The first kappa shape index (κ1) is 29.8. The highest BCUT2D eigenvalue weighted by Gasteiger charge is 2.46. The summed E-state index contributed by atoms with van der Waals surface area (Å²) < 4.78 is 25.4. The second-order valence-corrected chi connectivity index (χ2v) is 12.8. The normalized spacial score (nSPS) is 28.8. The molecule has 1 aromatic rings. The van der Waals surface area contributed by atoms with Crippen molar-refractivity contribution in [1.29, 1.82) is 0 Å². The molecule has 42 heavy (non-hydrogen) atoms. The zero-order valence-electron chi connectivity index (χ0n) is 24.6. The Morgan fingerprint density at radius 2 is 1.90 bits per heavy atom. The average Bonchev–Trinajstić information content (AvgIpc) is 3.29. The Morgan fingerprint density at radius 3 is 2.67 bits per heavy atom. The predicted octanol–water partition coefficient (Wildman–Crippen LogP) is 4.17. The number of hydrogen-bond donors (Lipinski definition) is 2. The molecule has 4 aliphatic rings. The molecular weight excluding hydrogens is 543 g/mol. The number of alkyl carbamates (subject to hydrolysis) is 1. The van der Waals surface area contributed by atoms with Crippen molar-refractivity contribution in [2.75, 3.05) is 6.54 Å². The molecule has 1 aliphatic carbocycles. The number of nitrogens with one attached hydrogen (secondary N) is 2. The Balaban J connectivity index is 1.31. The van der Waals surface area contributed by atoms with Gasteiger partial charge in [0.05, 0.1) is 13.1 Å². The molecule has 10 nitrogen and oxygen atoms in total. The number of benzene rings is 1. The smallest absolute Gasteiger partial charge is 0.410 e. The molecule has 228 valence electrons. The third-order valence-electron chi connectivity index (χ3n) is 8.20. The highest BCUT2D eigenvalue weighted by molar-refractivity contribution is 5.92. The quantitative estimate of drug-likeness (QED) is 0.504. The first-order chi connectivity index (χ1) is 20.0. The van der Waals surface area contributed by atoms with Gasteiger partial charge in [0.15, 0.2) is 0 Å². The highest BCUT2D eigenvalue weighted by atomic mass is 19.1. The van der Waals surface area contributed by atoms with Crippen LogP contribution in [0.2, 0.25) is 0 Å². The van der Waals surface area contributed by atoms with Crippen molar-refractivity contribution in [1.82, 2.24) is 20.4 Å². The Morgan fingerprint density at radius 1 is 1.10 bits per heavy atom. The summed E-state index contributed by atoms with van der Waals surface area (Å²) in [5.41, 5.74) is 0.449. The molecule has 3 aliphatic heterocycles. The van der Waals surface area contributed by atoms with Gasteiger partial charge in [0.2, 0.25) is 11.8 Å². The molecule has 1 aromatic carbocycles. The lowest BCUT2D eigenvalue weighted by Crippen LogP contribution is -2.54. The van der Waals surface area contributed by atoms with E-state index in [0.29, 0.717) is 18.4 Å². The predicted molar refractivity (Wildman–Crippen MR) is 151 cm³/mol. The topological polar surface area (TPSA) is 117 Å². The van der Waals surface area contributed by atoms with Gasteiger partial charge in [-0.3, -0.25) is 14.5 Å². The SMILES string of the molecule is CC(C)(C)OC(=O)N[C@H]1CCCCC/C=C\[C@@H]2C[C@H]2NC(=O)[C@@H]2C[C@@H](OC(=O)N3Cc4cccc(F)c4C3)CN2C1=O. The number of hydrogen-bond acceptors (Lipinski definition) is 6.